The number of sulfonamides is 1. The molecule has 5 heteroatoms. The molecular weight excluding hydrogens is 190 g/mol. The standard InChI is InChI=1S/C8H19NO3S/c1-4-8(3)9(5-2)13(11,12)7-6-10/h8,10H,4-7H2,1-3H3. The van der Waals surface area contributed by atoms with Crippen molar-refractivity contribution >= 4 is 10.0 Å². The van der Waals surface area contributed by atoms with Crippen molar-refractivity contribution in [2.45, 2.75) is 33.2 Å². The summed E-state index contributed by atoms with van der Waals surface area (Å²) in [4.78, 5) is 0. The molecule has 4 nitrogen and oxygen atoms in total. The van der Waals surface area contributed by atoms with Gasteiger partial charge in [0, 0.05) is 12.6 Å². The molecule has 0 spiro atoms. The molecule has 0 radical (unpaired) electrons. The van der Waals surface area contributed by atoms with Gasteiger partial charge in [-0.25, -0.2) is 8.42 Å². The van der Waals surface area contributed by atoms with Crippen molar-refractivity contribution < 1.29 is 13.5 Å². The Morgan fingerprint density at radius 1 is 1.38 bits per heavy atom. The van der Waals surface area contributed by atoms with Gasteiger partial charge in [0.1, 0.15) is 0 Å². The van der Waals surface area contributed by atoms with Gasteiger partial charge in [0.05, 0.1) is 12.4 Å². The lowest BCUT2D eigenvalue weighted by atomic mass is 10.3. The Hall–Kier alpha value is -0.130. The van der Waals surface area contributed by atoms with E-state index in [0.717, 1.165) is 6.42 Å². The van der Waals surface area contributed by atoms with Crippen LogP contribution in [0, 0.1) is 0 Å². The van der Waals surface area contributed by atoms with E-state index < -0.39 is 10.0 Å². The second kappa shape index (κ2) is 5.57. The summed E-state index contributed by atoms with van der Waals surface area (Å²) in [6.07, 6.45) is 0.790. The highest BCUT2D eigenvalue weighted by Crippen LogP contribution is 2.09. The highest BCUT2D eigenvalue weighted by atomic mass is 32.2. The number of hydrogen-bond acceptors (Lipinski definition) is 3. The van der Waals surface area contributed by atoms with Gasteiger partial charge in [0.2, 0.25) is 10.0 Å². The fraction of sp³-hybridized carbons (Fsp3) is 1.00. The van der Waals surface area contributed by atoms with E-state index in [1.165, 1.54) is 4.31 Å². The van der Waals surface area contributed by atoms with Crippen LogP contribution in [0.25, 0.3) is 0 Å². The molecule has 1 atom stereocenters. The normalized spacial score (nSPS) is 14.8. The minimum atomic E-state index is -3.25. The highest BCUT2D eigenvalue weighted by Gasteiger charge is 2.23. The molecule has 0 saturated carbocycles. The summed E-state index contributed by atoms with van der Waals surface area (Å²) in [5, 5.41) is 8.59. The van der Waals surface area contributed by atoms with Crippen molar-refractivity contribution in [3.8, 4) is 0 Å². The quantitative estimate of drug-likeness (QED) is 0.690. The van der Waals surface area contributed by atoms with E-state index in [0.29, 0.717) is 6.54 Å². The topological polar surface area (TPSA) is 57.6 Å². The van der Waals surface area contributed by atoms with Crippen LogP contribution in [0.4, 0.5) is 0 Å². The average Bonchev–Trinajstić information content (AvgIpc) is 2.04. The molecule has 0 aliphatic carbocycles. The van der Waals surface area contributed by atoms with Gasteiger partial charge in [-0.05, 0) is 13.3 Å². The van der Waals surface area contributed by atoms with Crippen molar-refractivity contribution in [2.75, 3.05) is 18.9 Å². The van der Waals surface area contributed by atoms with Gasteiger partial charge in [-0.1, -0.05) is 13.8 Å². The molecule has 80 valence electrons. The second-order valence-corrected chi connectivity index (χ2v) is 5.04. The lowest BCUT2D eigenvalue weighted by Gasteiger charge is -2.25. The molecule has 13 heavy (non-hydrogen) atoms. The Morgan fingerprint density at radius 2 is 1.92 bits per heavy atom. The first-order valence-electron chi connectivity index (χ1n) is 4.60. The summed E-state index contributed by atoms with van der Waals surface area (Å²) in [6.45, 7) is 5.79. The van der Waals surface area contributed by atoms with Crippen molar-refractivity contribution in [1.29, 1.82) is 0 Å². The van der Waals surface area contributed by atoms with Crippen LogP contribution in [0.1, 0.15) is 27.2 Å². The Morgan fingerprint density at radius 3 is 2.23 bits per heavy atom. The van der Waals surface area contributed by atoms with Gasteiger partial charge in [-0.15, -0.1) is 0 Å². The highest BCUT2D eigenvalue weighted by molar-refractivity contribution is 7.89. The van der Waals surface area contributed by atoms with Crippen LogP contribution in [0.3, 0.4) is 0 Å². The van der Waals surface area contributed by atoms with Gasteiger partial charge in [0.15, 0.2) is 0 Å². The summed E-state index contributed by atoms with van der Waals surface area (Å²) in [6, 6.07) is 0.0153. The molecule has 1 unspecified atom stereocenters. The van der Waals surface area contributed by atoms with Gasteiger partial charge in [0.25, 0.3) is 0 Å². The van der Waals surface area contributed by atoms with Gasteiger partial charge in [-0.2, -0.15) is 4.31 Å². The van der Waals surface area contributed by atoms with E-state index in [-0.39, 0.29) is 18.4 Å². The van der Waals surface area contributed by atoms with E-state index in [2.05, 4.69) is 0 Å². The predicted octanol–water partition coefficient (Wildman–Crippen LogP) is 0.429. The molecular formula is C8H19NO3S. The van der Waals surface area contributed by atoms with Crippen molar-refractivity contribution in [3.05, 3.63) is 0 Å². The zero-order valence-corrected chi connectivity index (χ0v) is 9.34. The fourth-order valence-corrected chi connectivity index (χ4v) is 2.77. The second-order valence-electron chi connectivity index (χ2n) is 3.00. The number of rotatable bonds is 6. The largest absolute Gasteiger partial charge is 0.395 e. The number of nitrogens with zero attached hydrogens (tertiary/aromatic N) is 1. The lowest BCUT2D eigenvalue weighted by Crippen LogP contribution is -2.40. The molecule has 0 aromatic carbocycles. The van der Waals surface area contributed by atoms with Gasteiger partial charge >= 0.3 is 0 Å². The summed E-state index contributed by atoms with van der Waals surface area (Å²) in [5.41, 5.74) is 0. The third kappa shape index (κ3) is 3.62. The average molecular weight is 209 g/mol. The third-order valence-corrected chi connectivity index (χ3v) is 4.13. The summed E-state index contributed by atoms with van der Waals surface area (Å²) >= 11 is 0. The first kappa shape index (κ1) is 12.9. The zero-order chi connectivity index (χ0) is 10.5. The lowest BCUT2D eigenvalue weighted by molar-refractivity contribution is 0.305. The van der Waals surface area contributed by atoms with Crippen LogP contribution < -0.4 is 0 Å². The minimum absolute atomic E-state index is 0.0153. The molecule has 0 fully saturated rings. The first-order valence-corrected chi connectivity index (χ1v) is 6.20. The molecule has 0 amide bonds. The van der Waals surface area contributed by atoms with Crippen LogP contribution in [-0.2, 0) is 10.0 Å². The molecule has 0 aromatic rings. The molecule has 0 aliphatic rings. The third-order valence-electron chi connectivity index (χ3n) is 2.10. The molecule has 0 heterocycles. The maximum atomic E-state index is 11.5. The summed E-state index contributed by atoms with van der Waals surface area (Å²) < 4.78 is 24.5. The molecule has 1 N–H and O–H groups in total. The van der Waals surface area contributed by atoms with E-state index in [9.17, 15) is 8.42 Å². The Bertz CT molecular complexity index is 226. The zero-order valence-electron chi connectivity index (χ0n) is 8.52. The molecule has 0 rings (SSSR count). The SMILES string of the molecule is CCC(C)N(CC)S(=O)(=O)CCO. The fourth-order valence-electron chi connectivity index (χ4n) is 1.22. The first-order chi connectivity index (χ1) is 5.99. The molecule has 0 aromatic heterocycles. The van der Waals surface area contributed by atoms with E-state index in [4.69, 9.17) is 5.11 Å². The van der Waals surface area contributed by atoms with E-state index in [1.807, 2.05) is 13.8 Å². The number of aliphatic hydroxyl groups is 1. The van der Waals surface area contributed by atoms with Crippen LogP contribution in [0.15, 0.2) is 0 Å². The van der Waals surface area contributed by atoms with Crippen molar-refractivity contribution in [3.63, 3.8) is 0 Å². The van der Waals surface area contributed by atoms with Gasteiger partial charge in [-0.3, -0.25) is 0 Å². The van der Waals surface area contributed by atoms with Crippen LogP contribution >= 0.6 is 0 Å². The molecule has 0 bridgehead atoms. The Kier molecular flexibility index (Phi) is 5.51. The Labute approximate surface area is 80.6 Å². The van der Waals surface area contributed by atoms with E-state index >= 15 is 0 Å². The maximum absolute atomic E-state index is 11.5. The van der Waals surface area contributed by atoms with Crippen molar-refractivity contribution in [2.24, 2.45) is 0 Å². The van der Waals surface area contributed by atoms with Crippen LogP contribution in [-0.4, -0.2) is 42.8 Å². The minimum Gasteiger partial charge on any atom is -0.395 e. The number of aliphatic hydroxyl groups excluding tert-OH is 1. The smallest absolute Gasteiger partial charge is 0.216 e. The number of hydrogen-bond donors (Lipinski definition) is 1. The predicted molar refractivity (Wildman–Crippen MR) is 53.0 cm³/mol. The molecule has 0 aliphatic heterocycles. The van der Waals surface area contributed by atoms with Crippen LogP contribution in [0.5, 0.6) is 0 Å². The van der Waals surface area contributed by atoms with Crippen LogP contribution in [0.2, 0.25) is 0 Å². The monoisotopic (exact) mass is 209 g/mol. The van der Waals surface area contributed by atoms with E-state index in [1.54, 1.807) is 6.92 Å². The summed E-state index contributed by atoms with van der Waals surface area (Å²) in [5.74, 6) is -0.175. The van der Waals surface area contributed by atoms with Gasteiger partial charge < -0.3 is 5.11 Å². The van der Waals surface area contributed by atoms with Crippen molar-refractivity contribution in [1.82, 2.24) is 4.31 Å². The maximum Gasteiger partial charge on any atom is 0.216 e. The Balaban J connectivity index is 4.56. The molecule has 0 saturated heterocycles. The summed E-state index contributed by atoms with van der Waals surface area (Å²) in [7, 11) is -3.25.